The van der Waals surface area contributed by atoms with Gasteiger partial charge in [-0.05, 0) is 32.2 Å². The average molecular weight is 193 g/mol. The summed E-state index contributed by atoms with van der Waals surface area (Å²) in [6, 6.07) is 0.309. The van der Waals surface area contributed by atoms with Crippen LogP contribution in [0.1, 0.15) is 55.8 Å². The van der Waals surface area contributed by atoms with Gasteiger partial charge in [-0.2, -0.15) is 0 Å². The van der Waals surface area contributed by atoms with Gasteiger partial charge in [-0.3, -0.25) is 0 Å². The Labute approximate surface area is 83.1 Å². The Bertz CT molecular complexity index is 313. The summed E-state index contributed by atoms with van der Waals surface area (Å²) in [7, 11) is 0. The maximum atomic E-state index is 5.66. The lowest BCUT2D eigenvalue weighted by Gasteiger charge is -2.19. The Balaban J connectivity index is 1.74. The first-order chi connectivity index (χ1) is 6.93. The van der Waals surface area contributed by atoms with Crippen LogP contribution < -0.4 is 5.32 Å². The number of piperidine rings is 1. The zero-order valence-corrected chi connectivity index (χ0v) is 8.20. The zero-order chi connectivity index (χ0) is 9.38. The molecule has 0 radical (unpaired) electrons. The van der Waals surface area contributed by atoms with Gasteiger partial charge >= 0.3 is 0 Å². The molecule has 4 heteroatoms. The standard InChI is InChI=1S/C10H15N3O/c1-2-6-11-8(3-1)10-13-12-9(14-10)7-4-5-7/h7-8,11H,1-6H2. The molecular formula is C10H15N3O. The molecule has 0 spiro atoms. The van der Waals surface area contributed by atoms with Crippen LogP contribution in [0.4, 0.5) is 0 Å². The minimum atomic E-state index is 0.309. The van der Waals surface area contributed by atoms with E-state index >= 15 is 0 Å². The van der Waals surface area contributed by atoms with Gasteiger partial charge in [0.05, 0.1) is 6.04 Å². The predicted octanol–water partition coefficient (Wildman–Crippen LogP) is 1.76. The second kappa shape index (κ2) is 3.35. The van der Waals surface area contributed by atoms with E-state index in [1.54, 1.807) is 0 Å². The Morgan fingerprint density at radius 1 is 1.07 bits per heavy atom. The van der Waals surface area contributed by atoms with Crippen LogP contribution in [0.5, 0.6) is 0 Å². The summed E-state index contributed by atoms with van der Waals surface area (Å²) < 4.78 is 5.66. The molecule has 1 unspecified atom stereocenters. The Morgan fingerprint density at radius 3 is 2.64 bits per heavy atom. The lowest BCUT2D eigenvalue weighted by molar-refractivity contribution is 0.329. The topological polar surface area (TPSA) is 51.0 Å². The van der Waals surface area contributed by atoms with Crippen molar-refractivity contribution in [3.8, 4) is 0 Å². The van der Waals surface area contributed by atoms with E-state index in [1.165, 1.54) is 25.7 Å². The molecule has 3 rings (SSSR count). The van der Waals surface area contributed by atoms with Crippen LogP contribution >= 0.6 is 0 Å². The first-order valence-corrected chi connectivity index (χ1v) is 5.50. The minimum absolute atomic E-state index is 0.309. The van der Waals surface area contributed by atoms with E-state index in [0.29, 0.717) is 12.0 Å². The number of aromatic nitrogens is 2. The molecule has 1 atom stereocenters. The second-order valence-electron chi connectivity index (χ2n) is 4.26. The molecule has 4 nitrogen and oxygen atoms in total. The van der Waals surface area contributed by atoms with E-state index in [1.807, 2.05) is 0 Å². The van der Waals surface area contributed by atoms with Crippen molar-refractivity contribution in [3.63, 3.8) is 0 Å². The largest absolute Gasteiger partial charge is 0.423 e. The van der Waals surface area contributed by atoms with Gasteiger partial charge in [0.25, 0.3) is 0 Å². The van der Waals surface area contributed by atoms with Gasteiger partial charge in [0.1, 0.15) is 0 Å². The van der Waals surface area contributed by atoms with Gasteiger partial charge in [0.2, 0.25) is 11.8 Å². The second-order valence-corrected chi connectivity index (χ2v) is 4.26. The van der Waals surface area contributed by atoms with Crippen molar-refractivity contribution >= 4 is 0 Å². The lowest BCUT2D eigenvalue weighted by atomic mass is 10.1. The number of nitrogens with one attached hydrogen (secondary N) is 1. The quantitative estimate of drug-likeness (QED) is 0.777. The summed E-state index contributed by atoms with van der Waals surface area (Å²) >= 11 is 0. The summed E-state index contributed by atoms with van der Waals surface area (Å²) in [6.45, 7) is 1.08. The molecule has 1 saturated carbocycles. The summed E-state index contributed by atoms with van der Waals surface area (Å²) in [5.41, 5.74) is 0. The highest BCUT2D eigenvalue weighted by Crippen LogP contribution is 2.39. The van der Waals surface area contributed by atoms with Gasteiger partial charge in [-0.1, -0.05) is 6.42 Å². The minimum Gasteiger partial charge on any atom is -0.423 e. The molecule has 1 aliphatic carbocycles. The molecule has 0 bridgehead atoms. The molecule has 2 heterocycles. The van der Waals surface area contributed by atoms with Crippen molar-refractivity contribution in [2.45, 2.75) is 44.1 Å². The molecule has 1 saturated heterocycles. The first-order valence-electron chi connectivity index (χ1n) is 5.50. The third kappa shape index (κ3) is 1.54. The number of rotatable bonds is 2. The Kier molecular flexibility index (Phi) is 2.01. The van der Waals surface area contributed by atoms with Crippen LogP contribution in [0.25, 0.3) is 0 Å². The monoisotopic (exact) mass is 193 g/mol. The van der Waals surface area contributed by atoms with Crippen LogP contribution in [0, 0.1) is 0 Å². The highest BCUT2D eigenvalue weighted by molar-refractivity contribution is 5.02. The van der Waals surface area contributed by atoms with E-state index in [4.69, 9.17) is 4.42 Å². The number of hydrogen-bond acceptors (Lipinski definition) is 4. The molecular weight excluding hydrogens is 178 g/mol. The van der Waals surface area contributed by atoms with E-state index in [0.717, 1.165) is 24.7 Å². The summed E-state index contributed by atoms with van der Waals surface area (Å²) in [5, 5.41) is 11.6. The van der Waals surface area contributed by atoms with Crippen molar-refractivity contribution in [1.82, 2.24) is 15.5 Å². The van der Waals surface area contributed by atoms with Crippen LogP contribution in [0.2, 0.25) is 0 Å². The molecule has 1 aliphatic heterocycles. The fourth-order valence-corrected chi connectivity index (χ4v) is 1.95. The van der Waals surface area contributed by atoms with Crippen LogP contribution in [-0.4, -0.2) is 16.7 Å². The fraction of sp³-hybridized carbons (Fsp3) is 0.800. The van der Waals surface area contributed by atoms with E-state index < -0.39 is 0 Å². The van der Waals surface area contributed by atoms with Crippen LogP contribution in [0.15, 0.2) is 4.42 Å². The summed E-state index contributed by atoms with van der Waals surface area (Å²) in [5.74, 6) is 2.22. The van der Waals surface area contributed by atoms with Crippen molar-refractivity contribution in [2.24, 2.45) is 0 Å². The van der Waals surface area contributed by atoms with Gasteiger partial charge in [-0.15, -0.1) is 10.2 Å². The average Bonchev–Trinajstić information content (AvgIpc) is 2.98. The molecule has 1 N–H and O–H groups in total. The molecule has 0 aromatic carbocycles. The molecule has 76 valence electrons. The van der Waals surface area contributed by atoms with Gasteiger partial charge in [0.15, 0.2) is 0 Å². The summed E-state index contributed by atoms with van der Waals surface area (Å²) in [4.78, 5) is 0. The molecule has 1 aromatic rings. The van der Waals surface area contributed by atoms with Gasteiger partial charge in [-0.25, -0.2) is 0 Å². The highest BCUT2D eigenvalue weighted by atomic mass is 16.4. The lowest BCUT2D eigenvalue weighted by Crippen LogP contribution is -2.26. The summed E-state index contributed by atoms with van der Waals surface area (Å²) in [6.07, 6.45) is 6.10. The van der Waals surface area contributed by atoms with Crippen molar-refractivity contribution in [2.75, 3.05) is 6.54 Å². The van der Waals surface area contributed by atoms with Crippen molar-refractivity contribution in [1.29, 1.82) is 0 Å². The van der Waals surface area contributed by atoms with Crippen LogP contribution in [-0.2, 0) is 0 Å². The van der Waals surface area contributed by atoms with Crippen LogP contribution in [0.3, 0.4) is 0 Å². The molecule has 14 heavy (non-hydrogen) atoms. The van der Waals surface area contributed by atoms with Gasteiger partial charge < -0.3 is 9.73 Å². The Morgan fingerprint density at radius 2 is 1.93 bits per heavy atom. The first kappa shape index (κ1) is 8.41. The highest BCUT2D eigenvalue weighted by Gasteiger charge is 2.30. The SMILES string of the molecule is C1CCC(c2nnc(C3CC3)o2)NC1. The maximum absolute atomic E-state index is 5.66. The maximum Gasteiger partial charge on any atom is 0.233 e. The molecule has 2 fully saturated rings. The van der Waals surface area contributed by atoms with E-state index in [2.05, 4.69) is 15.5 Å². The molecule has 2 aliphatic rings. The number of hydrogen-bond donors (Lipinski definition) is 1. The molecule has 1 aromatic heterocycles. The van der Waals surface area contributed by atoms with Gasteiger partial charge in [0, 0.05) is 5.92 Å². The predicted molar refractivity (Wildman–Crippen MR) is 50.9 cm³/mol. The molecule has 0 amide bonds. The third-order valence-electron chi connectivity index (χ3n) is 2.99. The number of nitrogens with zero attached hydrogens (tertiary/aromatic N) is 2. The third-order valence-corrected chi connectivity index (χ3v) is 2.99. The zero-order valence-electron chi connectivity index (χ0n) is 8.20. The fourth-order valence-electron chi connectivity index (χ4n) is 1.95. The Hall–Kier alpha value is -0.900. The van der Waals surface area contributed by atoms with Crippen molar-refractivity contribution < 1.29 is 4.42 Å². The van der Waals surface area contributed by atoms with Crippen molar-refractivity contribution in [3.05, 3.63) is 11.8 Å². The van der Waals surface area contributed by atoms with E-state index in [9.17, 15) is 0 Å². The smallest absolute Gasteiger partial charge is 0.233 e. The van der Waals surface area contributed by atoms with E-state index in [-0.39, 0.29) is 0 Å². The normalized spacial score (nSPS) is 27.9.